The third-order valence-electron chi connectivity index (χ3n) is 4.75. The number of halogens is 1. The third-order valence-corrected chi connectivity index (χ3v) is 4.99. The van der Waals surface area contributed by atoms with E-state index in [2.05, 4.69) is 13.8 Å². The third kappa shape index (κ3) is 3.13. The molecule has 1 aliphatic rings. The van der Waals surface area contributed by atoms with E-state index in [4.69, 9.17) is 17.3 Å². The summed E-state index contributed by atoms with van der Waals surface area (Å²) in [4.78, 5) is 0. The minimum atomic E-state index is -0.521. The zero-order chi connectivity index (χ0) is 14.1. The van der Waals surface area contributed by atoms with Crippen molar-refractivity contribution in [1.82, 2.24) is 0 Å². The molecule has 1 atom stereocenters. The molecule has 1 aromatic rings. The lowest BCUT2D eigenvalue weighted by Crippen LogP contribution is -2.41. The minimum Gasteiger partial charge on any atom is -0.388 e. The summed E-state index contributed by atoms with van der Waals surface area (Å²) in [5.41, 5.74) is 7.07. The largest absolute Gasteiger partial charge is 0.388 e. The lowest BCUT2D eigenvalue weighted by Gasteiger charge is -2.45. The van der Waals surface area contributed by atoms with Crippen molar-refractivity contribution in [2.24, 2.45) is 16.6 Å². The predicted octanol–water partition coefficient (Wildman–Crippen LogP) is 3.92. The van der Waals surface area contributed by atoms with Gasteiger partial charge in [0, 0.05) is 17.0 Å². The molecule has 1 aromatic carbocycles. The van der Waals surface area contributed by atoms with Crippen LogP contribution in [0.4, 0.5) is 0 Å². The average Bonchev–Trinajstić information content (AvgIpc) is 2.39. The van der Waals surface area contributed by atoms with E-state index in [1.165, 1.54) is 0 Å². The first-order valence-electron chi connectivity index (χ1n) is 7.02. The van der Waals surface area contributed by atoms with Crippen LogP contribution in [0.15, 0.2) is 24.3 Å². The van der Waals surface area contributed by atoms with E-state index in [0.717, 1.165) is 31.2 Å². The van der Waals surface area contributed by atoms with Crippen molar-refractivity contribution in [2.45, 2.75) is 45.6 Å². The van der Waals surface area contributed by atoms with Crippen LogP contribution in [0.3, 0.4) is 0 Å². The number of hydrogen-bond donors (Lipinski definition) is 2. The zero-order valence-electron chi connectivity index (χ0n) is 11.8. The first kappa shape index (κ1) is 14.8. The Morgan fingerprint density at radius 3 is 2.42 bits per heavy atom. The van der Waals surface area contributed by atoms with Crippen molar-refractivity contribution in [2.75, 3.05) is 6.54 Å². The maximum Gasteiger partial charge on any atom is 0.0858 e. The predicted molar refractivity (Wildman–Crippen MR) is 80.1 cm³/mol. The summed E-state index contributed by atoms with van der Waals surface area (Å²) in [5, 5.41) is 11.4. The molecule has 3 N–H and O–H groups in total. The van der Waals surface area contributed by atoms with Gasteiger partial charge in [0.15, 0.2) is 0 Å². The van der Waals surface area contributed by atoms with Crippen LogP contribution in [-0.2, 0) is 0 Å². The van der Waals surface area contributed by atoms with Gasteiger partial charge in [-0.25, -0.2) is 0 Å². The van der Waals surface area contributed by atoms with Crippen molar-refractivity contribution in [1.29, 1.82) is 0 Å². The van der Waals surface area contributed by atoms with Crippen LogP contribution in [0, 0.1) is 10.8 Å². The summed E-state index contributed by atoms with van der Waals surface area (Å²) in [5.74, 6) is 0. The van der Waals surface area contributed by atoms with E-state index in [1.807, 2.05) is 24.3 Å². The van der Waals surface area contributed by atoms with Gasteiger partial charge in [-0.3, -0.25) is 0 Å². The molecule has 1 aliphatic carbocycles. The van der Waals surface area contributed by atoms with Gasteiger partial charge >= 0.3 is 0 Å². The quantitative estimate of drug-likeness (QED) is 0.882. The van der Waals surface area contributed by atoms with Gasteiger partial charge in [-0.1, -0.05) is 37.6 Å². The second-order valence-corrected chi connectivity index (χ2v) is 7.12. The van der Waals surface area contributed by atoms with Gasteiger partial charge in [-0.05, 0) is 48.8 Å². The van der Waals surface area contributed by atoms with Crippen LogP contribution in [-0.4, -0.2) is 11.7 Å². The molecule has 2 nitrogen and oxygen atoms in total. The molecule has 2 rings (SSSR count). The summed E-state index contributed by atoms with van der Waals surface area (Å²) in [6.07, 6.45) is 3.66. The summed E-state index contributed by atoms with van der Waals surface area (Å²) < 4.78 is 0. The Bertz CT molecular complexity index is 434. The SMILES string of the molecule is CC1(C)CCC(CN)(C(O)c2cccc(Cl)c2)CC1. The topological polar surface area (TPSA) is 46.2 Å². The Kier molecular flexibility index (Phi) is 4.24. The van der Waals surface area contributed by atoms with Crippen molar-refractivity contribution in [3.05, 3.63) is 34.9 Å². The fourth-order valence-electron chi connectivity index (χ4n) is 3.04. The molecular weight excluding hydrogens is 258 g/mol. The Morgan fingerprint density at radius 2 is 1.89 bits per heavy atom. The Labute approximate surface area is 121 Å². The standard InChI is InChI=1S/C16H24ClNO/c1-15(2)6-8-16(11-18,9-7-15)14(19)12-4-3-5-13(17)10-12/h3-5,10,14,19H,6-9,11,18H2,1-2H3. The van der Waals surface area contributed by atoms with E-state index in [0.29, 0.717) is 17.0 Å². The molecular formula is C16H24ClNO. The molecule has 106 valence electrons. The monoisotopic (exact) mass is 281 g/mol. The number of nitrogens with two attached hydrogens (primary N) is 1. The van der Waals surface area contributed by atoms with Gasteiger partial charge in [0.2, 0.25) is 0 Å². The smallest absolute Gasteiger partial charge is 0.0858 e. The first-order chi connectivity index (χ1) is 8.88. The average molecular weight is 282 g/mol. The molecule has 0 radical (unpaired) electrons. The van der Waals surface area contributed by atoms with Crippen LogP contribution in [0.5, 0.6) is 0 Å². The van der Waals surface area contributed by atoms with Crippen LogP contribution < -0.4 is 5.73 Å². The number of aliphatic hydroxyl groups is 1. The van der Waals surface area contributed by atoms with Gasteiger partial charge < -0.3 is 10.8 Å². The van der Waals surface area contributed by atoms with Crippen LogP contribution in [0.25, 0.3) is 0 Å². The fourth-order valence-corrected chi connectivity index (χ4v) is 3.24. The maximum atomic E-state index is 10.8. The van der Waals surface area contributed by atoms with Gasteiger partial charge in [0.25, 0.3) is 0 Å². The Hall–Kier alpha value is -0.570. The molecule has 0 bridgehead atoms. The molecule has 19 heavy (non-hydrogen) atoms. The zero-order valence-corrected chi connectivity index (χ0v) is 12.6. The highest BCUT2D eigenvalue weighted by Gasteiger charge is 2.42. The Balaban J connectivity index is 2.22. The van der Waals surface area contributed by atoms with Crippen LogP contribution >= 0.6 is 11.6 Å². The van der Waals surface area contributed by atoms with Gasteiger partial charge in [0.05, 0.1) is 6.10 Å². The molecule has 0 amide bonds. The molecule has 1 unspecified atom stereocenters. The van der Waals surface area contributed by atoms with Gasteiger partial charge in [-0.15, -0.1) is 0 Å². The molecule has 3 heteroatoms. The molecule has 0 saturated heterocycles. The molecule has 0 spiro atoms. The number of aliphatic hydroxyl groups excluding tert-OH is 1. The molecule has 1 saturated carbocycles. The molecule has 0 aliphatic heterocycles. The lowest BCUT2D eigenvalue weighted by atomic mass is 9.62. The van der Waals surface area contributed by atoms with E-state index >= 15 is 0 Å². The normalized spacial score (nSPS) is 23.0. The fraction of sp³-hybridized carbons (Fsp3) is 0.625. The van der Waals surface area contributed by atoms with Crippen molar-refractivity contribution < 1.29 is 5.11 Å². The Morgan fingerprint density at radius 1 is 1.26 bits per heavy atom. The number of benzene rings is 1. The number of rotatable bonds is 3. The summed E-state index contributed by atoms with van der Waals surface area (Å²) in [6.45, 7) is 5.11. The van der Waals surface area contributed by atoms with E-state index in [1.54, 1.807) is 0 Å². The van der Waals surface area contributed by atoms with Gasteiger partial charge in [0.1, 0.15) is 0 Å². The highest BCUT2D eigenvalue weighted by molar-refractivity contribution is 6.30. The highest BCUT2D eigenvalue weighted by Crippen LogP contribution is 2.50. The van der Waals surface area contributed by atoms with Crippen molar-refractivity contribution >= 4 is 11.6 Å². The minimum absolute atomic E-state index is 0.194. The van der Waals surface area contributed by atoms with Crippen LogP contribution in [0.1, 0.15) is 51.2 Å². The van der Waals surface area contributed by atoms with Crippen molar-refractivity contribution in [3.8, 4) is 0 Å². The summed E-state index contributed by atoms with van der Waals surface area (Å²) >= 11 is 6.02. The second-order valence-electron chi connectivity index (χ2n) is 6.69. The van der Waals surface area contributed by atoms with Crippen molar-refractivity contribution in [3.63, 3.8) is 0 Å². The lowest BCUT2D eigenvalue weighted by molar-refractivity contribution is -0.0235. The second kappa shape index (κ2) is 5.43. The number of hydrogen-bond acceptors (Lipinski definition) is 2. The van der Waals surface area contributed by atoms with Gasteiger partial charge in [-0.2, -0.15) is 0 Å². The molecule has 0 heterocycles. The van der Waals surface area contributed by atoms with E-state index < -0.39 is 6.10 Å². The van der Waals surface area contributed by atoms with E-state index in [-0.39, 0.29) is 5.41 Å². The summed E-state index contributed by atoms with van der Waals surface area (Å²) in [7, 11) is 0. The first-order valence-corrected chi connectivity index (χ1v) is 7.40. The van der Waals surface area contributed by atoms with Crippen LogP contribution in [0.2, 0.25) is 5.02 Å². The highest BCUT2D eigenvalue weighted by atomic mass is 35.5. The summed E-state index contributed by atoms with van der Waals surface area (Å²) in [6, 6.07) is 7.51. The van der Waals surface area contributed by atoms with E-state index in [9.17, 15) is 5.11 Å². The molecule has 1 fully saturated rings. The maximum absolute atomic E-state index is 10.8. The molecule has 0 aromatic heterocycles.